The van der Waals surface area contributed by atoms with E-state index in [0.717, 1.165) is 50.6 Å². The molecule has 2 amide bonds. The number of hydrogen-bond donors (Lipinski definition) is 1. The lowest BCUT2D eigenvalue weighted by molar-refractivity contribution is 0.0886. The average Bonchev–Trinajstić information content (AvgIpc) is 2.69. The van der Waals surface area contributed by atoms with Gasteiger partial charge in [-0.05, 0) is 30.3 Å². The number of carbonyl (C=O) groups excluding carboxylic acids is 1. The van der Waals surface area contributed by atoms with Gasteiger partial charge in [0.05, 0.1) is 6.61 Å². The van der Waals surface area contributed by atoms with Crippen molar-refractivity contribution in [3.8, 4) is 5.75 Å². The van der Waals surface area contributed by atoms with E-state index < -0.39 is 0 Å². The van der Waals surface area contributed by atoms with Crippen LogP contribution in [0.15, 0.2) is 48.5 Å². The number of urea groups is 1. The number of ether oxygens (including phenoxy) is 1. The summed E-state index contributed by atoms with van der Waals surface area (Å²) >= 11 is 5.89. The second-order valence-electron chi connectivity index (χ2n) is 6.65. The van der Waals surface area contributed by atoms with Gasteiger partial charge in [-0.15, -0.1) is 0 Å². The first-order chi connectivity index (χ1) is 12.7. The molecule has 0 radical (unpaired) electrons. The van der Waals surface area contributed by atoms with Crippen LogP contribution in [-0.2, 0) is 0 Å². The van der Waals surface area contributed by atoms with E-state index in [1.54, 1.807) is 12.1 Å². The van der Waals surface area contributed by atoms with Crippen LogP contribution in [0.25, 0.3) is 0 Å². The van der Waals surface area contributed by atoms with E-state index >= 15 is 0 Å². The van der Waals surface area contributed by atoms with Crippen LogP contribution in [0.4, 0.5) is 10.5 Å². The van der Waals surface area contributed by atoms with Crippen molar-refractivity contribution in [2.24, 2.45) is 0 Å². The fourth-order valence-corrected chi connectivity index (χ4v) is 3.80. The number of carbonyl (C=O) groups is 1. The van der Waals surface area contributed by atoms with Crippen molar-refractivity contribution in [1.82, 2.24) is 9.80 Å². The maximum Gasteiger partial charge on any atom is 0.321 e. The molecule has 6 heteroatoms. The molecule has 0 aromatic heterocycles. The van der Waals surface area contributed by atoms with Crippen LogP contribution in [0, 0.1) is 0 Å². The molecule has 5 nitrogen and oxygen atoms in total. The largest absolute Gasteiger partial charge is 0.493 e. The Balaban J connectivity index is 1.36. The molecule has 1 fully saturated rings. The predicted molar refractivity (Wildman–Crippen MR) is 103 cm³/mol. The summed E-state index contributed by atoms with van der Waals surface area (Å²) in [6.45, 7) is 3.93. The average molecular weight is 372 g/mol. The minimum absolute atomic E-state index is 0.0562. The molecule has 4 rings (SSSR count). The zero-order valence-electron chi connectivity index (χ0n) is 14.5. The number of nitrogens with zero attached hydrogens (tertiary/aromatic N) is 2. The fraction of sp³-hybridized carbons (Fsp3) is 0.350. The molecule has 2 aliphatic heterocycles. The van der Waals surface area contributed by atoms with E-state index in [-0.39, 0.29) is 6.03 Å². The smallest absolute Gasteiger partial charge is 0.321 e. The Morgan fingerprint density at radius 2 is 1.77 bits per heavy atom. The standard InChI is InChI=1S/C20H22ClN3O2/c21-15-5-7-16(8-6-15)22-20(25)24-12-10-23(11-13-24)18-9-14-26-19-4-2-1-3-17(18)19/h1-8,18H,9-14H2,(H,22,25). The van der Waals surface area contributed by atoms with Gasteiger partial charge in [-0.2, -0.15) is 0 Å². The number of benzene rings is 2. The molecule has 0 bridgehead atoms. The van der Waals surface area contributed by atoms with Crippen LogP contribution in [0.5, 0.6) is 5.75 Å². The highest BCUT2D eigenvalue weighted by molar-refractivity contribution is 6.30. The first-order valence-electron chi connectivity index (χ1n) is 8.98. The van der Waals surface area contributed by atoms with Gasteiger partial charge in [0.2, 0.25) is 0 Å². The molecule has 1 atom stereocenters. The van der Waals surface area contributed by atoms with Gasteiger partial charge < -0.3 is 15.0 Å². The van der Waals surface area contributed by atoms with Gasteiger partial charge in [0.25, 0.3) is 0 Å². The molecule has 1 saturated heterocycles. The number of rotatable bonds is 2. The van der Waals surface area contributed by atoms with Crippen molar-refractivity contribution in [1.29, 1.82) is 0 Å². The van der Waals surface area contributed by atoms with Crippen molar-refractivity contribution in [3.63, 3.8) is 0 Å². The minimum Gasteiger partial charge on any atom is -0.493 e. The van der Waals surface area contributed by atoms with E-state index in [1.165, 1.54) is 5.56 Å². The summed E-state index contributed by atoms with van der Waals surface area (Å²) in [4.78, 5) is 16.8. The third kappa shape index (κ3) is 3.64. The number of anilines is 1. The van der Waals surface area contributed by atoms with E-state index in [1.807, 2.05) is 29.2 Å². The quantitative estimate of drug-likeness (QED) is 0.867. The van der Waals surface area contributed by atoms with Gasteiger partial charge >= 0.3 is 6.03 Å². The molecule has 0 aliphatic carbocycles. The van der Waals surface area contributed by atoms with Gasteiger partial charge in [-0.3, -0.25) is 4.90 Å². The maximum atomic E-state index is 12.5. The Kier molecular flexibility index (Phi) is 5.00. The number of piperazine rings is 1. The summed E-state index contributed by atoms with van der Waals surface area (Å²) in [7, 11) is 0. The van der Waals surface area contributed by atoms with E-state index in [4.69, 9.17) is 16.3 Å². The summed E-state index contributed by atoms with van der Waals surface area (Å²) in [5.41, 5.74) is 2.03. The molecule has 0 spiro atoms. The van der Waals surface area contributed by atoms with Crippen molar-refractivity contribution in [3.05, 3.63) is 59.1 Å². The number of halogens is 1. The number of fused-ring (bicyclic) bond motifs is 1. The van der Waals surface area contributed by atoms with Crippen molar-refractivity contribution < 1.29 is 9.53 Å². The minimum atomic E-state index is -0.0562. The topological polar surface area (TPSA) is 44.8 Å². The highest BCUT2D eigenvalue weighted by Crippen LogP contribution is 2.36. The SMILES string of the molecule is O=C(Nc1ccc(Cl)cc1)N1CCN(C2CCOc3ccccc32)CC1. The molecule has 1 N–H and O–H groups in total. The molecule has 0 saturated carbocycles. The third-order valence-corrected chi connectivity index (χ3v) is 5.32. The molecule has 2 heterocycles. The van der Waals surface area contributed by atoms with Crippen molar-refractivity contribution >= 4 is 23.3 Å². The van der Waals surface area contributed by atoms with Gasteiger partial charge in [0.1, 0.15) is 5.75 Å². The summed E-state index contributed by atoms with van der Waals surface area (Å²) in [6, 6.07) is 15.8. The Morgan fingerprint density at radius 3 is 2.54 bits per heavy atom. The lowest BCUT2D eigenvalue weighted by Gasteiger charge is -2.41. The third-order valence-electron chi connectivity index (χ3n) is 5.06. The fourth-order valence-electron chi connectivity index (χ4n) is 3.67. The Hall–Kier alpha value is -2.24. The van der Waals surface area contributed by atoms with Crippen LogP contribution in [0.3, 0.4) is 0 Å². The monoisotopic (exact) mass is 371 g/mol. The number of para-hydroxylation sites is 1. The number of amides is 2. The van der Waals surface area contributed by atoms with Crippen LogP contribution in [0.1, 0.15) is 18.0 Å². The van der Waals surface area contributed by atoms with Gasteiger partial charge in [-0.1, -0.05) is 29.8 Å². The predicted octanol–water partition coefficient (Wildman–Crippen LogP) is 4.01. The summed E-state index contributed by atoms with van der Waals surface area (Å²) in [5.74, 6) is 0.992. The molecule has 2 aromatic carbocycles. The first-order valence-corrected chi connectivity index (χ1v) is 9.36. The van der Waals surface area contributed by atoms with E-state index in [2.05, 4.69) is 22.3 Å². The molecule has 136 valence electrons. The molecule has 1 unspecified atom stereocenters. The molecular formula is C20H22ClN3O2. The molecular weight excluding hydrogens is 350 g/mol. The molecule has 26 heavy (non-hydrogen) atoms. The lowest BCUT2D eigenvalue weighted by Crippen LogP contribution is -2.51. The number of nitrogens with one attached hydrogen (secondary N) is 1. The normalized spacial score (nSPS) is 20.2. The highest BCUT2D eigenvalue weighted by Gasteiger charge is 2.30. The number of hydrogen-bond acceptors (Lipinski definition) is 3. The van der Waals surface area contributed by atoms with Crippen molar-refractivity contribution in [2.75, 3.05) is 38.1 Å². The van der Waals surface area contributed by atoms with Crippen LogP contribution in [-0.4, -0.2) is 48.6 Å². The second-order valence-corrected chi connectivity index (χ2v) is 7.09. The van der Waals surface area contributed by atoms with Crippen LogP contribution < -0.4 is 10.1 Å². The zero-order valence-corrected chi connectivity index (χ0v) is 15.3. The Labute approximate surface area is 158 Å². The summed E-state index contributed by atoms with van der Waals surface area (Å²) < 4.78 is 5.77. The van der Waals surface area contributed by atoms with Crippen LogP contribution >= 0.6 is 11.6 Å². The Bertz CT molecular complexity index is 773. The summed E-state index contributed by atoms with van der Waals surface area (Å²) in [6.07, 6.45) is 0.994. The second kappa shape index (κ2) is 7.56. The van der Waals surface area contributed by atoms with Gasteiger partial charge in [0, 0.05) is 54.9 Å². The first kappa shape index (κ1) is 17.2. The van der Waals surface area contributed by atoms with Gasteiger partial charge in [-0.25, -0.2) is 4.79 Å². The van der Waals surface area contributed by atoms with E-state index in [9.17, 15) is 4.79 Å². The maximum absolute atomic E-state index is 12.5. The molecule has 2 aliphatic rings. The van der Waals surface area contributed by atoms with Crippen LogP contribution in [0.2, 0.25) is 5.02 Å². The highest BCUT2D eigenvalue weighted by atomic mass is 35.5. The Morgan fingerprint density at radius 1 is 1.04 bits per heavy atom. The molecule has 2 aromatic rings. The lowest BCUT2D eigenvalue weighted by atomic mass is 9.98. The van der Waals surface area contributed by atoms with Gasteiger partial charge in [0.15, 0.2) is 0 Å². The van der Waals surface area contributed by atoms with E-state index in [0.29, 0.717) is 11.1 Å². The van der Waals surface area contributed by atoms with Crippen molar-refractivity contribution in [2.45, 2.75) is 12.5 Å². The summed E-state index contributed by atoms with van der Waals surface area (Å²) in [5, 5.41) is 3.60. The zero-order chi connectivity index (χ0) is 17.9.